The van der Waals surface area contributed by atoms with Crippen molar-refractivity contribution in [2.75, 3.05) is 43.1 Å². The normalized spacial score (nSPS) is 18.3. The molecule has 2 aliphatic rings. The summed E-state index contributed by atoms with van der Waals surface area (Å²) in [5, 5.41) is 18.5. The third-order valence-corrected chi connectivity index (χ3v) is 6.01. The van der Waals surface area contributed by atoms with Gasteiger partial charge in [0.05, 0.1) is 49.2 Å². The third kappa shape index (κ3) is 4.89. The molecule has 2 fully saturated rings. The highest BCUT2D eigenvalue weighted by atomic mass is 16.5. The second kappa shape index (κ2) is 9.78. The van der Waals surface area contributed by atoms with E-state index in [1.54, 1.807) is 30.2 Å². The Kier molecular flexibility index (Phi) is 6.66. The van der Waals surface area contributed by atoms with E-state index < -0.39 is 0 Å². The van der Waals surface area contributed by atoms with E-state index >= 15 is 0 Å². The van der Waals surface area contributed by atoms with Gasteiger partial charge in [0.2, 0.25) is 5.91 Å². The number of ether oxygens (including phenoxy) is 1. The molecule has 0 unspecified atom stereocenters. The van der Waals surface area contributed by atoms with Crippen LogP contribution in [0.4, 0.5) is 11.5 Å². The summed E-state index contributed by atoms with van der Waals surface area (Å²) >= 11 is 0. The van der Waals surface area contributed by atoms with Crippen molar-refractivity contribution >= 4 is 17.4 Å². The zero-order chi connectivity index (χ0) is 22.5. The summed E-state index contributed by atoms with van der Waals surface area (Å²) in [6.45, 7) is 4.83. The topological polar surface area (TPSA) is 127 Å². The molecular weight excluding hydrogens is 410 g/mol. The zero-order valence-electron chi connectivity index (χ0n) is 18.1. The van der Waals surface area contributed by atoms with E-state index in [9.17, 15) is 9.59 Å². The maximum atomic E-state index is 12.4. The molecule has 10 nitrogen and oxygen atoms in total. The van der Waals surface area contributed by atoms with E-state index in [2.05, 4.69) is 25.4 Å². The van der Waals surface area contributed by atoms with Crippen LogP contribution >= 0.6 is 0 Å². The molecule has 0 aliphatic carbocycles. The minimum atomic E-state index is -0.169. The lowest BCUT2D eigenvalue weighted by Gasteiger charge is -2.40. The second-order valence-corrected chi connectivity index (χ2v) is 8.21. The first-order valence-electron chi connectivity index (χ1n) is 10.8. The van der Waals surface area contributed by atoms with Crippen LogP contribution in [0.2, 0.25) is 0 Å². The van der Waals surface area contributed by atoms with Crippen LogP contribution in [0.3, 0.4) is 0 Å². The first-order valence-corrected chi connectivity index (χ1v) is 10.8. The smallest absolute Gasteiger partial charge is 0.269 e. The number of aromatic nitrogens is 3. The summed E-state index contributed by atoms with van der Waals surface area (Å²) in [5.74, 6) is 0.783. The summed E-state index contributed by atoms with van der Waals surface area (Å²) in [4.78, 5) is 32.4. The van der Waals surface area contributed by atoms with Crippen LogP contribution in [0.15, 0.2) is 29.3 Å². The SMILES string of the molecule is Cc1c(N2CCC[C@H]2COCCC(=O)N2CC(Nc3ccc(C#N)cn3)C2)cn[nH]c1=O. The van der Waals surface area contributed by atoms with E-state index in [1.165, 1.54) is 6.20 Å². The van der Waals surface area contributed by atoms with Gasteiger partial charge >= 0.3 is 0 Å². The fourth-order valence-corrected chi connectivity index (χ4v) is 4.13. The van der Waals surface area contributed by atoms with Gasteiger partial charge in [0.15, 0.2) is 0 Å². The molecule has 0 aromatic carbocycles. The van der Waals surface area contributed by atoms with Gasteiger partial charge in [-0.25, -0.2) is 10.1 Å². The van der Waals surface area contributed by atoms with Crippen LogP contribution in [-0.4, -0.2) is 70.9 Å². The second-order valence-electron chi connectivity index (χ2n) is 8.21. The Labute approximate surface area is 186 Å². The molecular formula is C22H27N7O3. The third-order valence-electron chi connectivity index (χ3n) is 6.01. The number of amides is 1. The molecule has 0 spiro atoms. The monoisotopic (exact) mass is 437 g/mol. The molecule has 4 heterocycles. The molecule has 1 amide bonds. The summed E-state index contributed by atoms with van der Waals surface area (Å²) in [6, 6.07) is 5.88. The number of anilines is 2. The van der Waals surface area contributed by atoms with E-state index in [0.29, 0.717) is 49.7 Å². The van der Waals surface area contributed by atoms with Crippen molar-refractivity contribution in [1.29, 1.82) is 5.26 Å². The first-order chi connectivity index (χ1) is 15.5. The fraction of sp³-hybridized carbons (Fsp3) is 0.500. The predicted molar refractivity (Wildman–Crippen MR) is 118 cm³/mol. The van der Waals surface area contributed by atoms with E-state index in [1.807, 2.05) is 6.07 Å². The fourth-order valence-electron chi connectivity index (χ4n) is 4.13. The predicted octanol–water partition coefficient (Wildman–Crippen LogP) is 1.04. The van der Waals surface area contributed by atoms with Crippen LogP contribution in [0.1, 0.15) is 30.4 Å². The Bertz CT molecular complexity index is 1040. The van der Waals surface area contributed by atoms with Crippen LogP contribution in [0.5, 0.6) is 0 Å². The number of hydrogen-bond donors (Lipinski definition) is 2. The van der Waals surface area contributed by atoms with E-state index in [-0.39, 0.29) is 23.6 Å². The van der Waals surface area contributed by atoms with Crippen molar-refractivity contribution in [3.63, 3.8) is 0 Å². The number of nitriles is 1. The molecule has 2 aliphatic heterocycles. The van der Waals surface area contributed by atoms with Crippen LogP contribution < -0.4 is 15.8 Å². The number of carbonyl (C=O) groups excluding carboxylic acids is 1. The van der Waals surface area contributed by atoms with Gasteiger partial charge in [-0.05, 0) is 31.9 Å². The van der Waals surface area contributed by atoms with Gasteiger partial charge in [-0.3, -0.25) is 9.59 Å². The molecule has 10 heteroatoms. The van der Waals surface area contributed by atoms with Crippen LogP contribution in [0.25, 0.3) is 0 Å². The maximum Gasteiger partial charge on any atom is 0.269 e. The zero-order valence-corrected chi connectivity index (χ0v) is 18.1. The molecule has 4 rings (SSSR count). The Balaban J connectivity index is 1.16. The van der Waals surface area contributed by atoms with Crippen molar-refractivity contribution in [3.8, 4) is 6.07 Å². The van der Waals surface area contributed by atoms with Crippen LogP contribution in [0, 0.1) is 18.3 Å². The summed E-state index contributed by atoms with van der Waals surface area (Å²) in [5.41, 5.74) is 1.87. The lowest BCUT2D eigenvalue weighted by atomic mass is 10.1. The lowest BCUT2D eigenvalue weighted by molar-refractivity contribution is -0.136. The van der Waals surface area contributed by atoms with Gasteiger partial charge in [0.25, 0.3) is 5.56 Å². The number of likely N-dealkylation sites (tertiary alicyclic amines) is 1. The van der Waals surface area contributed by atoms with Crippen LogP contribution in [-0.2, 0) is 9.53 Å². The molecule has 1 atom stereocenters. The molecule has 2 aromatic rings. The number of aromatic amines is 1. The Hall–Kier alpha value is -3.45. The number of nitrogens with one attached hydrogen (secondary N) is 2. The Morgan fingerprint density at radius 3 is 2.97 bits per heavy atom. The number of hydrogen-bond acceptors (Lipinski definition) is 8. The van der Waals surface area contributed by atoms with Gasteiger partial charge in [0.1, 0.15) is 11.9 Å². The number of pyridine rings is 1. The van der Waals surface area contributed by atoms with Gasteiger partial charge in [-0.15, -0.1) is 0 Å². The maximum absolute atomic E-state index is 12.4. The number of H-pyrrole nitrogens is 1. The first kappa shape index (κ1) is 21.8. The van der Waals surface area contributed by atoms with Crippen molar-refractivity contribution in [3.05, 3.63) is 46.0 Å². The highest BCUT2D eigenvalue weighted by molar-refractivity contribution is 5.77. The van der Waals surface area contributed by atoms with Crippen molar-refractivity contribution < 1.29 is 9.53 Å². The average Bonchev–Trinajstić information content (AvgIpc) is 3.24. The molecule has 2 N–H and O–H groups in total. The molecule has 0 bridgehead atoms. The largest absolute Gasteiger partial charge is 0.379 e. The summed E-state index contributed by atoms with van der Waals surface area (Å²) < 4.78 is 5.83. The minimum Gasteiger partial charge on any atom is -0.379 e. The highest BCUT2D eigenvalue weighted by Gasteiger charge is 2.31. The van der Waals surface area contributed by atoms with E-state index in [0.717, 1.165) is 25.1 Å². The van der Waals surface area contributed by atoms with Gasteiger partial charge in [-0.1, -0.05) is 0 Å². The molecule has 168 valence electrons. The minimum absolute atomic E-state index is 0.0775. The molecule has 2 saturated heterocycles. The highest BCUT2D eigenvalue weighted by Crippen LogP contribution is 2.26. The molecule has 0 radical (unpaired) electrons. The average molecular weight is 438 g/mol. The number of nitrogens with zero attached hydrogens (tertiary/aromatic N) is 5. The molecule has 2 aromatic heterocycles. The molecule has 32 heavy (non-hydrogen) atoms. The molecule has 0 saturated carbocycles. The van der Waals surface area contributed by atoms with Crippen molar-refractivity contribution in [2.45, 2.75) is 38.3 Å². The van der Waals surface area contributed by atoms with Gasteiger partial charge < -0.3 is 19.9 Å². The summed E-state index contributed by atoms with van der Waals surface area (Å²) in [6.07, 6.45) is 5.60. The van der Waals surface area contributed by atoms with Gasteiger partial charge in [0, 0.05) is 31.4 Å². The Morgan fingerprint density at radius 2 is 2.22 bits per heavy atom. The number of carbonyl (C=O) groups is 1. The Morgan fingerprint density at radius 1 is 1.38 bits per heavy atom. The van der Waals surface area contributed by atoms with E-state index in [4.69, 9.17) is 10.00 Å². The van der Waals surface area contributed by atoms with Gasteiger partial charge in [-0.2, -0.15) is 10.4 Å². The standard InChI is InChI=1S/C22H27N7O3/c1-15-19(11-25-27-22(15)31)29-7-2-3-18(29)14-32-8-6-21(30)28-12-17(13-28)26-20-5-4-16(9-23)10-24-20/h4-5,10-11,17-18H,2-3,6-8,12-14H2,1H3,(H,24,26)(H,27,31)/t18-/m0/s1. The lowest BCUT2D eigenvalue weighted by Crippen LogP contribution is -2.57. The summed E-state index contributed by atoms with van der Waals surface area (Å²) in [7, 11) is 0. The quantitative estimate of drug-likeness (QED) is 0.587. The number of rotatable bonds is 8. The van der Waals surface area contributed by atoms with Crippen molar-refractivity contribution in [2.24, 2.45) is 0 Å². The van der Waals surface area contributed by atoms with Crippen molar-refractivity contribution in [1.82, 2.24) is 20.1 Å².